The summed E-state index contributed by atoms with van der Waals surface area (Å²) in [5.41, 5.74) is 2.90. The van der Waals surface area contributed by atoms with Crippen LogP contribution in [0.25, 0.3) is 0 Å². The maximum Gasteiger partial charge on any atom is 0.261 e. The van der Waals surface area contributed by atoms with Crippen LogP contribution in [0.3, 0.4) is 0 Å². The van der Waals surface area contributed by atoms with Gasteiger partial charge < -0.3 is 15.4 Å². The summed E-state index contributed by atoms with van der Waals surface area (Å²) in [6.07, 6.45) is 0.728. The molecular formula is C26H26BrN3O3S. The van der Waals surface area contributed by atoms with Crippen molar-refractivity contribution in [3.05, 3.63) is 88.4 Å². The van der Waals surface area contributed by atoms with Gasteiger partial charge in [0.25, 0.3) is 5.91 Å². The van der Waals surface area contributed by atoms with E-state index in [4.69, 9.17) is 17.0 Å². The van der Waals surface area contributed by atoms with Crippen molar-refractivity contribution in [3.8, 4) is 5.75 Å². The van der Waals surface area contributed by atoms with Crippen molar-refractivity contribution in [1.29, 1.82) is 0 Å². The minimum atomic E-state index is -0.380. The number of ether oxygens (including phenoxy) is 1. The highest BCUT2D eigenvalue weighted by Crippen LogP contribution is 2.24. The fourth-order valence-corrected chi connectivity index (χ4v) is 3.56. The van der Waals surface area contributed by atoms with E-state index in [1.165, 1.54) is 0 Å². The summed E-state index contributed by atoms with van der Waals surface area (Å²) in [5.74, 6) is -0.0656. The topological polar surface area (TPSA) is 79.5 Å². The van der Waals surface area contributed by atoms with Crippen LogP contribution in [-0.2, 0) is 11.2 Å². The fraction of sp³-hybridized carbons (Fsp3) is 0.192. The number of rotatable bonds is 8. The molecule has 0 aliphatic carbocycles. The average Bonchev–Trinajstić information content (AvgIpc) is 2.81. The second-order valence-electron chi connectivity index (χ2n) is 7.85. The van der Waals surface area contributed by atoms with Gasteiger partial charge in [-0.15, -0.1) is 0 Å². The van der Waals surface area contributed by atoms with Gasteiger partial charge in [-0.25, -0.2) is 0 Å². The zero-order chi connectivity index (χ0) is 24.5. The van der Waals surface area contributed by atoms with Crippen LogP contribution in [-0.4, -0.2) is 23.5 Å². The minimum Gasteiger partial charge on any atom is -0.492 e. The van der Waals surface area contributed by atoms with Crippen molar-refractivity contribution in [2.75, 3.05) is 17.2 Å². The smallest absolute Gasteiger partial charge is 0.261 e. The van der Waals surface area contributed by atoms with Gasteiger partial charge in [-0.1, -0.05) is 60.1 Å². The van der Waals surface area contributed by atoms with Crippen molar-refractivity contribution in [1.82, 2.24) is 5.32 Å². The number of carbonyl (C=O) groups excluding carboxylic acids is 2. The van der Waals surface area contributed by atoms with Gasteiger partial charge in [0.05, 0.1) is 12.2 Å². The molecule has 0 bridgehead atoms. The first kappa shape index (κ1) is 25.4. The fourth-order valence-electron chi connectivity index (χ4n) is 2.99. The predicted octanol–water partition coefficient (Wildman–Crippen LogP) is 5.79. The molecule has 3 N–H and O–H groups in total. The van der Waals surface area contributed by atoms with E-state index < -0.39 is 0 Å². The first-order valence-electron chi connectivity index (χ1n) is 10.8. The summed E-state index contributed by atoms with van der Waals surface area (Å²) >= 11 is 8.72. The van der Waals surface area contributed by atoms with Gasteiger partial charge in [-0.3, -0.25) is 14.9 Å². The lowest BCUT2D eigenvalue weighted by molar-refractivity contribution is -0.118. The highest BCUT2D eigenvalue weighted by molar-refractivity contribution is 9.10. The van der Waals surface area contributed by atoms with Crippen LogP contribution in [0.2, 0.25) is 0 Å². The molecule has 3 aromatic carbocycles. The predicted molar refractivity (Wildman–Crippen MR) is 143 cm³/mol. The van der Waals surface area contributed by atoms with Gasteiger partial charge in [0, 0.05) is 28.2 Å². The van der Waals surface area contributed by atoms with E-state index in [0.29, 0.717) is 29.3 Å². The summed E-state index contributed by atoms with van der Waals surface area (Å²) < 4.78 is 6.65. The Bertz CT molecular complexity index is 1150. The lowest BCUT2D eigenvalue weighted by Crippen LogP contribution is -2.34. The van der Waals surface area contributed by atoms with Crippen molar-refractivity contribution < 1.29 is 14.3 Å². The molecule has 0 saturated carbocycles. The molecule has 0 atom stereocenters. The molecule has 0 fully saturated rings. The standard InChI is InChI=1S/C26H26BrN3O3S/c1-17(2)24(31)28-20-9-11-21(12-10-20)29-26(34)30-25(32)22-16-19(27)8-13-23(22)33-15-14-18-6-4-3-5-7-18/h3-13,16-17H,14-15H2,1-2H3,(H,28,31)(H2,29,30,32,34). The van der Waals surface area contributed by atoms with Crippen LogP contribution in [0.1, 0.15) is 29.8 Å². The Morgan fingerprint density at radius 2 is 1.59 bits per heavy atom. The number of carbonyl (C=O) groups is 2. The summed E-state index contributed by atoms with van der Waals surface area (Å²) in [6, 6.07) is 22.3. The van der Waals surface area contributed by atoms with E-state index in [1.807, 2.05) is 50.2 Å². The molecule has 8 heteroatoms. The maximum absolute atomic E-state index is 12.9. The minimum absolute atomic E-state index is 0.0562. The number of hydrogen-bond donors (Lipinski definition) is 3. The molecule has 3 aromatic rings. The molecule has 176 valence electrons. The van der Waals surface area contributed by atoms with Crippen molar-refractivity contribution in [2.24, 2.45) is 5.92 Å². The Kier molecular flexibility index (Phi) is 9.18. The van der Waals surface area contributed by atoms with E-state index in [2.05, 4.69) is 31.9 Å². The van der Waals surface area contributed by atoms with Crippen molar-refractivity contribution in [3.63, 3.8) is 0 Å². The molecule has 0 aliphatic rings. The molecule has 0 aromatic heterocycles. The summed E-state index contributed by atoms with van der Waals surface area (Å²) in [5, 5.41) is 8.65. The SMILES string of the molecule is CC(C)C(=O)Nc1ccc(NC(=S)NC(=O)c2cc(Br)ccc2OCCc2ccccc2)cc1. The van der Waals surface area contributed by atoms with Gasteiger partial charge in [0.15, 0.2) is 5.11 Å². The Morgan fingerprint density at radius 1 is 0.941 bits per heavy atom. The molecule has 3 rings (SSSR count). The molecule has 0 unspecified atom stereocenters. The lowest BCUT2D eigenvalue weighted by atomic mass is 10.1. The number of anilines is 2. The third-order valence-electron chi connectivity index (χ3n) is 4.84. The van der Waals surface area contributed by atoms with Gasteiger partial charge in [0.1, 0.15) is 5.75 Å². The van der Waals surface area contributed by atoms with Crippen LogP contribution in [0.5, 0.6) is 5.75 Å². The summed E-state index contributed by atoms with van der Waals surface area (Å²) in [4.78, 5) is 24.7. The van der Waals surface area contributed by atoms with Crippen molar-refractivity contribution >= 4 is 56.4 Å². The molecular weight excluding hydrogens is 514 g/mol. The molecule has 34 heavy (non-hydrogen) atoms. The zero-order valence-electron chi connectivity index (χ0n) is 18.9. The summed E-state index contributed by atoms with van der Waals surface area (Å²) in [7, 11) is 0. The highest BCUT2D eigenvalue weighted by atomic mass is 79.9. The van der Waals surface area contributed by atoms with Gasteiger partial charge in [-0.2, -0.15) is 0 Å². The quantitative estimate of drug-likeness (QED) is 0.315. The Labute approximate surface area is 213 Å². The Morgan fingerprint density at radius 3 is 2.24 bits per heavy atom. The number of thiocarbonyl (C=S) groups is 1. The van der Waals surface area contributed by atoms with E-state index in [0.717, 1.165) is 16.5 Å². The zero-order valence-corrected chi connectivity index (χ0v) is 21.3. The van der Waals surface area contributed by atoms with Crippen LogP contribution < -0.4 is 20.7 Å². The van der Waals surface area contributed by atoms with E-state index in [-0.39, 0.29) is 22.8 Å². The monoisotopic (exact) mass is 539 g/mol. The van der Waals surface area contributed by atoms with Gasteiger partial charge in [-0.05, 0) is 60.2 Å². The van der Waals surface area contributed by atoms with Crippen LogP contribution in [0.4, 0.5) is 11.4 Å². The van der Waals surface area contributed by atoms with E-state index >= 15 is 0 Å². The third kappa shape index (κ3) is 7.67. The number of hydrogen-bond acceptors (Lipinski definition) is 4. The Hall–Kier alpha value is -3.23. The van der Waals surface area contributed by atoms with E-state index in [9.17, 15) is 9.59 Å². The number of nitrogens with one attached hydrogen (secondary N) is 3. The first-order chi connectivity index (χ1) is 16.3. The number of benzene rings is 3. The van der Waals surface area contributed by atoms with Crippen LogP contribution >= 0.6 is 28.1 Å². The molecule has 0 heterocycles. The molecule has 6 nitrogen and oxygen atoms in total. The van der Waals surface area contributed by atoms with Crippen LogP contribution in [0.15, 0.2) is 77.3 Å². The highest BCUT2D eigenvalue weighted by Gasteiger charge is 2.15. The van der Waals surface area contributed by atoms with Crippen LogP contribution in [0, 0.1) is 5.92 Å². The second-order valence-corrected chi connectivity index (χ2v) is 9.18. The first-order valence-corrected chi connectivity index (χ1v) is 12.0. The second kappa shape index (κ2) is 12.3. The van der Waals surface area contributed by atoms with Gasteiger partial charge >= 0.3 is 0 Å². The third-order valence-corrected chi connectivity index (χ3v) is 5.54. The number of amides is 2. The number of halogens is 1. The maximum atomic E-state index is 12.9. The normalized spacial score (nSPS) is 10.5. The largest absolute Gasteiger partial charge is 0.492 e. The van der Waals surface area contributed by atoms with Gasteiger partial charge in [0.2, 0.25) is 5.91 Å². The average molecular weight is 540 g/mol. The van der Waals surface area contributed by atoms with Crippen molar-refractivity contribution in [2.45, 2.75) is 20.3 Å². The lowest BCUT2D eigenvalue weighted by Gasteiger charge is -2.14. The molecule has 0 aliphatic heterocycles. The molecule has 0 radical (unpaired) electrons. The Balaban J connectivity index is 1.58. The molecule has 2 amide bonds. The van der Waals surface area contributed by atoms with E-state index in [1.54, 1.807) is 36.4 Å². The molecule has 0 saturated heterocycles. The molecule has 0 spiro atoms. The summed E-state index contributed by atoms with van der Waals surface area (Å²) in [6.45, 7) is 4.10.